The number of amides is 1. The zero-order valence-electron chi connectivity index (χ0n) is 14.3. The van der Waals surface area contributed by atoms with Gasteiger partial charge in [-0.1, -0.05) is 37.9 Å². The minimum Gasteiger partial charge on any atom is -0.342 e. The SMILES string of the molecule is Cc1nnc(SCC(=O)N2CCC(C)CC2)n1C1CCCCC1. The Hall–Kier alpha value is -1.04. The molecule has 0 unspecified atom stereocenters. The maximum atomic E-state index is 12.4. The molecule has 0 aromatic carbocycles. The highest BCUT2D eigenvalue weighted by molar-refractivity contribution is 7.99. The van der Waals surface area contributed by atoms with Crippen molar-refractivity contribution in [2.24, 2.45) is 5.92 Å². The molecule has 2 aliphatic rings. The summed E-state index contributed by atoms with van der Waals surface area (Å²) in [5.74, 6) is 2.47. The van der Waals surface area contributed by atoms with Crippen LogP contribution in [-0.2, 0) is 4.79 Å². The van der Waals surface area contributed by atoms with Crippen molar-refractivity contribution < 1.29 is 4.79 Å². The molecule has 2 heterocycles. The molecule has 3 rings (SSSR count). The fourth-order valence-electron chi connectivity index (χ4n) is 3.68. The van der Waals surface area contributed by atoms with Gasteiger partial charge in [-0.25, -0.2) is 0 Å². The highest BCUT2D eigenvalue weighted by atomic mass is 32.2. The molecule has 1 saturated carbocycles. The summed E-state index contributed by atoms with van der Waals surface area (Å²) >= 11 is 1.56. The molecule has 0 N–H and O–H groups in total. The number of hydrogen-bond acceptors (Lipinski definition) is 4. The second-order valence-corrected chi connectivity index (χ2v) is 7.99. The number of piperidine rings is 1. The first-order valence-corrected chi connectivity index (χ1v) is 9.96. The Morgan fingerprint density at radius 1 is 1.13 bits per heavy atom. The number of carbonyl (C=O) groups is 1. The average Bonchev–Trinajstić information content (AvgIpc) is 2.95. The molecule has 0 spiro atoms. The zero-order valence-corrected chi connectivity index (χ0v) is 15.1. The molecule has 6 heteroatoms. The van der Waals surface area contributed by atoms with Crippen LogP contribution in [-0.4, -0.2) is 44.4 Å². The van der Waals surface area contributed by atoms with Gasteiger partial charge in [0.05, 0.1) is 5.75 Å². The van der Waals surface area contributed by atoms with Gasteiger partial charge in [-0.2, -0.15) is 0 Å². The molecule has 128 valence electrons. The number of nitrogens with zero attached hydrogens (tertiary/aromatic N) is 4. The normalized spacial score (nSPS) is 20.9. The second kappa shape index (κ2) is 7.69. The van der Waals surface area contributed by atoms with Crippen molar-refractivity contribution in [2.45, 2.75) is 70.0 Å². The Kier molecular flexibility index (Phi) is 5.62. The summed E-state index contributed by atoms with van der Waals surface area (Å²) in [5.41, 5.74) is 0. The Bertz CT molecular complexity index is 531. The third-order valence-corrected chi connectivity index (χ3v) is 6.16. The van der Waals surface area contributed by atoms with Gasteiger partial charge in [-0.15, -0.1) is 10.2 Å². The van der Waals surface area contributed by atoms with Crippen LogP contribution in [0.25, 0.3) is 0 Å². The summed E-state index contributed by atoms with van der Waals surface area (Å²) in [7, 11) is 0. The molecule has 23 heavy (non-hydrogen) atoms. The second-order valence-electron chi connectivity index (χ2n) is 7.04. The minimum absolute atomic E-state index is 0.248. The molecular weight excluding hydrogens is 308 g/mol. The lowest BCUT2D eigenvalue weighted by atomic mass is 9.95. The van der Waals surface area contributed by atoms with Crippen LogP contribution < -0.4 is 0 Å². The van der Waals surface area contributed by atoms with E-state index in [9.17, 15) is 4.79 Å². The Labute approximate surface area is 143 Å². The van der Waals surface area contributed by atoms with E-state index in [0.29, 0.717) is 11.8 Å². The smallest absolute Gasteiger partial charge is 0.233 e. The van der Waals surface area contributed by atoms with Crippen molar-refractivity contribution in [1.29, 1.82) is 0 Å². The first-order valence-electron chi connectivity index (χ1n) is 8.97. The average molecular weight is 337 g/mol. The van der Waals surface area contributed by atoms with E-state index in [-0.39, 0.29) is 5.91 Å². The van der Waals surface area contributed by atoms with E-state index in [1.807, 2.05) is 11.8 Å². The number of thioether (sulfide) groups is 1. The number of aryl methyl sites for hydroxylation is 1. The van der Waals surface area contributed by atoms with Gasteiger partial charge < -0.3 is 9.47 Å². The summed E-state index contributed by atoms with van der Waals surface area (Å²) in [4.78, 5) is 14.4. The lowest BCUT2D eigenvalue weighted by Gasteiger charge is -2.30. The summed E-state index contributed by atoms with van der Waals surface area (Å²) in [6, 6.07) is 0.521. The van der Waals surface area contributed by atoms with E-state index >= 15 is 0 Å². The fraction of sp³-hybridized carbons (Fsp3) is 0.824. The third-order valence-electron chi connectivity index (χ3n) is 5.24. The van der Waals surface area contributed by atoms with E-state index in [0.717, 1.165) is 42.8 Å². The first-order chi connectivity index (χ1) is 11.1. The van der Waals surface area contributed by atoms with E-state index < -0.39 is 0 Å². The van der Waals surface area contributed by atoms with Gasteiger partial charge in [0.1, 0.15) is 5.82 Å². The van der Waals surface area contributed by atoms with Crippen molar-refractivity contribution in [3.8, 4) is 0 Å². The molecule has 1 aliphatic heterocycles. The van der Waals surface area contributed by atoms with Gasteiger partial charge in [0.25, 0.3) is 0 Å². The summed E-state index contributed by atoms with van der Waals surface area (Å²) < 4.78 is 2.27. The molecule has 0 bridgehead atoms. The van der Waals surface area contributed by atoms with E-state index in [2.05, 4.69) is 21.7 Å². The Balaban J connectivity index is 1.59. The zero-order chi connectivity index (χ0) is 16.2. The highest BCUT2D eigenvalue weighted by Crippen LogP contribution is 2.32. The van der Waals surface area contributed by atoms with Gasteiger partial charge in [0.15, 0.2) is 5.16 Å². The van der Waals surface area contributed by atoms with E-state index in [1.54, 1.807) is 11.8 Å². The van der Waals surface area contributed by atoms with Gasteiger partial charge in [-0.05, 0) is 38.5 Å². The van der Waals surface area contributed by atoms with Crippen molar-refractivity contribution in [3.63, 3.8) is 0 Å². The molecule has 0 radical (unpaired) electrons. The van der Waals surface area contributed by atoms with Crippen molar-refractivity contribution in [1.82, 2.24) is 19.7 Å². The number of carbonyl (C=O) groups excluding carboxylic acids is 1. The van der Waals surface area contributed by atoms with Gasteiger partial charge in [0, 0.05) is 19.1 Å². The largest absolute Gasteiger partial charge is 0.342 e. The van der Waals surface area contributed by atoms with Crippen LogP contribution in [0.15, 0.2) is 5.16 Å². The topological polar surface area (TPSA) is 51.0 Å². The summed E-state index contributed by atoms with van der Waals surface area (Å²) in [6.45, 7) is 6.12. The van der Waals surface area contributed by atoms with Crippen LogP contribution in [0.2, 0.25) is 0 Å². The predicted octanol–water partition coefficient (Wildman–Crippen LogP) is 3.44. The van der Waals surface area contributed by atoms with E-state index in [1.165, 1.54) is 32.1 Å². The predicted molar refractivity (Wildman–Crippen MR) is 92.6 cm³/mol. The minimum atomic E-state index is 0.248. The van der Waals surface area contributed by atoms with Gasteiger partial charge >= 0.3 is 0 Å². The Morgan fingerprint density at radius 2 is 1.83 bits per heavy atom. The maximum absolute atomic E-state index is 12.4. The Morgan fingerprint density at radius 3 is 2.52 bits per heavy atom. The number of rotatable bonds is 4. The van der Waals surface area contributed by atoms with Crippen LogP contribution in [0.4, 0.5) is 0 Å². The molecule has 1 aromatic heterocycles. The monoisotopic (exact) mass is 336 g/mol. The third kappa shape index (κ3) is 4.08. The van der Waals surface area contributed by atoms with Crippen LogP contribution in [0.5, 0.6) is 0 Å². The van der Waals surface area contributed by atoms with Crippen LogP contribution >= 0.6 is 11.8 Å². The lowest BCUT2D eigenvalue weighted by Crippen LogP contribution is -2.39. The molecule has 1 saturated heterocycles. The summed E-state index contributed by atoms with van der Waals surface area (Å²) in [5, 5.41) is 9.51. The molecule has 1 amide bonds. The fourth-order valence-corrected chi connectivity index (χ4v) is 4.64. The van der Waals surface area contributed by atoms with Crippen molar-refractivity contribution in [3.05, 3.63) is 5.82 Å². The molecule has 0 atom stereocenters. The first kappa shape index (κ1) is 16.8. The van der Waals surface area contributed by atoms with Gasteiger partial charge in [0.2, 0.25) is 5.91 Å². The standard InChI is InChI=1S/C17H28N4OS/c1-13-8-10-20(11-9-13)16(22)12-23-17-19-18-14(2)21(17)15-6-4-3-5-7-15/h13,15H,3-12H2,1-2H3. The summed E-state index contributed by atoms with van der Waals surface area (Å²) in [6.07, 6.45) is 8.61. The maximum Gasteiger partial charge on any atom is 0.233 e. The van der Waals surface area contributed by atoms with Gasteiger partial charge in [-0.3, -0.25) is 4.79 Å². The van der Waals surface area contributed by atoms with Crippen molar-refractivity contribution >= 4 is 17.7 Å². The molecule has 5 nitrogen and oxygen atoms in total. The van der Waals surface area contributed by atoms with Crippen LogP contribution in [0.1, 0.15) is 63.7 Å². The van der Waals surface area contributed by atoms with Crippen molar-refractivity contribution in [2.75, 3.05) is 18.8 Å². The molecule has 1 aliphatic carbocycles. The number of likely N-dealkylation sites (tertiary alicyclic amines) is 1. The van der Waals surface area contributed by atoms with Crippen LogP contribution in [0, 0.1) is 12.8 Å². The molecule has 1 aromatic rings. The molecular formula is C17H28N4OS. The quantitative estimate of drug-likeness (QED) is 0.790. The molecule has 2 fully saturated rings. The number of hydrogen-bond donors (Lipinski definition) is 0. The number of aromatic nitrogens is 3. The lowest BCUT2D eigenvalue weighted by molar-refractivity contribution is -0.129. The van der Waals surface area contributed by atoms with Crippen LogP contribution in [0.3, 0.4) is 0 Å². The highest BCUT2D eigenvalue weighted by Gasteiger charge is 2.24. The van der Waals surface area contributed by atoms with E-state index in [4.69, 9.17) is 0 Å².